The summed E-state index contributed by atoms with van der Waals surface area (Å²) in [6.07, 6.45) is -43.9. The number of hydrogen-bond acceptors (Lipinski definition) is 32. The van der Waals surface area contributed by atoms with Crippen molar-refractivity contribution in [1.82, 2.24) is 0 Å². The van der Waals surface area contributed by atoms with Crippen molar-refractivity contribution in [2.45, 2.75) is 282 Å². The lowest BCUT2D eigenvalue weighted by atomic mass is 9.44. The van der Waals surface area contributed by atoms with E-state index < -0.39 is 222 Å². The molecular formula is C62H102O32. The first-order valence-corrected chi connectivity index (χ1v) is 33.4. The summed E-state index contributed by atoms with van der Waals surface area (Å²) >= 11 is 0. The van der Waals surface area contributed by atoms with E-state index in [1.165, 1.54) is 6.92 Å². The van der Waals surface area contributed by atoms with Crippen LogP contribution in [0.15, 0.2) is 0 Å². The van der Waals surface area contributed by atoms with Gasteiger partial charge in [0.15, 0.2) is 49.3 Å². The Morgan fingerprint density at radius 2 is 1.09 bits per heavy atom. The number of aliphatic hydroxyl groups is 17. The molecule has 0 bridgehead atoms. The first-order chi connectivity index (χ1) is 44.5. The van der Waals surface area contributed by atoms with Crippen LogP contribution in [-0.4, -0.2) is 329 Å². The highest BCUT2D eigenvalue weighted by molar-refractivity contribution is 5.84. The average molecular weight is 1360 g/mol. The smallest absolute Gasteiger partial charge is 0.187 e. The molecule has 7 aliphatic heterocycles. The molecule has 0 amide bonds. The minimum Gasteiger partial charge on any atom is -0.394 e. The molecule has 7 heterocycles. The molecule has 11 aliphatic rings. The second kappa shape index (κ2) is 29.4. The molecule has 32 nitrogen and oxygen atoms in total. The van der Waals surface area contributed by atoms with Crippen molar-refractivity contribution in [3.05, 3.63) is 0 Å². The summed E-state index contributed by atoms with van der Waals surface area (Å²) in [4.78, 5) is 14.9. The van der Waals surface area contributed by atoms with Gasteiger partial charge >= 0.3 is 0 Å². The van der Waals surface area contributed by atoms with Crippen molar-refractivity contribution in [3.63, 3.8) is 0 Å². The molecule has 0 radical (unpaired) electrons. The lowest BCUT2D eigenvalue weighted by Crippen LogP contribution is -2.69. The molecule has 0 aromatic carbocycles. The minimum atomic E-state index is -2.07. The summed E-state index contributed by atoms with van der Waals surface area (Å²) < 4.78 is 85.5. The Kier molecular flexibility index (Phi) is 23.0. The number of methoxy groups -OCH3 is 1. The van der Waals surface area contributed by atoms with Crippen LogP contribution in [0.3, 0.4) is 0 Å². The normalized spacial score (nSPS) is 54.9. The molecule has 32 heteroatoms. The maximum absolute atomic E-state index is 14.9. The highest BCUT2D eigenvalue weighted by atomic mass is 16.8. The third kappa shape index (κ3) is 13.5. The number of hydrogen-bond donors (Lipinski definition) is 17. The number of aliphatic hydroxyl groups excluding tert-OH is 17. The van der Waals surface area contributed by atoms with Crippen LogP contribution >= 0.6 is 0 Å². The van der Waals surface area contributed by atoms with Gasteiger partial charge in [-0.3, -0.25) is 4.79 Å². The fourth-order valence-corrected chi connectivity index (χ4v) is 18.1. The Morgan fingerprint density at radius 1 is 0.532 bits per heavy atom. The molecule has 0 aromatic rings. The van der Waals surface area contributed by atoms with Crippen molar-refractivity contribution in [1.29, 1.82) is 0 Å². The molecule has 11 rings (SSSR count). The van der Waals surface area contributed by atoms with Gasteiger partial charge in [0.25, 0.3) is 0 Å². The van der Waals surface area contributed by atoms with Crippen LogP contribution in [0.5, 0.6) is 0 Å². The lowest BCUT2D eigenvalue weighted by Gasteiger charge is -2.61. The minimum absolute atomic E-state index is 0.00313. The zero-order valence-electron chi connectivity index (χ0n) is 53.7. The Hall–Kier alpha value is -1.57. The Morgan fingerprint density at radius 3 is 1.72 bits per heavy atom. The second-order valence-corrected chi connectivity index (χ2v) is 29.1. The number of Topliss-reactive ketones (excluding diaryl/α,β-unsaturated/α-hetero) is 1. The van der Waals surface area contributed by atoms with Crippen molar-refractivity contribution >= 4 is 5.78 Å². The quantitative estimate of drug-likeness (QED) is 0.0504. The number of fused-ring (bicyclic) bond motifs is 7. The largest absolute Gasteiger partial charge is 0.394 e. The number of carbonyl (C=O) groups is 1. The molecule has 40 atom stereocenters. The van der Waals surface area contributed by atoms with Gasteiger partial charge in [0.05, 0.1) is 51.8 Å². The van der Waals surface area contributed by atoms with Gasteiger partial charge in [-0.1, -0.05) is 27.7 Å². The zero-order chi connectivity index (χ0) is 67.9. The fraction of sp³-hybridized carbons (Fsp3) is 0.984. The van der Waals surface area contributed by atoms with E-state index in [1.807, 2.05) is 6.92 Å². The number of carbonyl (C=O) groups excluding carboxylic acids is 1. The molecule has 17 N–H and O–H groups in total. The highest BCUT2D eigenvalue weighted by Gasteiger charge is 2.70. The predicted molar refractivity (Wildman–Crippen MR) is 309 cm³/mol. The second-order valence-electron chi connectivity index (χ2n) is 29.1. The van der Waals surface area contributed by atoms with Crippen LogP contribution in [0.25, 0.3) is 0 Å². The predicted octanol–water partition coefficient (Wildman–Crippen LogP) is -6.17. The molecule has 0 unspecified atom stereocenters. The Balaban J connectivity index is 0.788. The molecule has 94 heavy (non-hydrogen) atoms. The van der Waals surface area contributed by atoms with E-state index in [9.17, 15) is 91.6 Å². The standard InChI is InChI=1S/C62H102O32/c1-22(19-82-54-47(78)44(75)41(72)34(16-63)87-54)9-12-62(81-6)23(2)37-33(94-62)14-28-26-8-7-25-13-32(29(66)15-61(25,5)27(26)10-11-60(28,37)4)86-58-52(92-57-48(79)43(74)38(69)24(3)85-57)49(80)50(36(18-65)89-58)90-59-53(93-56-46(77)40(71)31(68)21-84-56)51(42(73)35(17-64)88-59)91-55-45(76)39(70)30(67)20-83-55/h22-28,30-59,63-65,67-80H,7-21H2,1-6H3/t22-,23-,24-,25-,26+,27-,28-,30+,31-,32+,33-,34+,35+,36+,37-,38-,39-,40-,41+,42+,43+,44-,45+,46+,47+,48+,49-,50+,51-,52+,53+,54+,55-,56-,57-,58+,59-,60-,61-,62+/m0/s1. The van der Waals surface area contributed by atoms with Crippen molar-refractivity contribution < 1.29 is 158 Å². The van der Waals surface area contributed by atoms with Gasteiger partial charge in [-0.2, -0.15) is 0 Å². The molecule has 542 valence electrons. The van der Waals surface area contributed by atoms with Crippen molar-refractivity contribution in [2.24, 2.45) is 52.3 Å². The van der Waals surface area contributed by atoms with E-state index in [1.54, 1.807) is 7.11 Å². The molecule has 7 saturated heterocycles. The number of rotatable bonds is 20. The van der Waals surface area contributed by atoms with Crippen LogP contribution in [-0.2, 0) is 71.1 Å². The maximum Gasteiger partial charge on any atom is 0.187 e. The van der Waals surface area contributed by atoms with Gasteiger partial charge in [-0.15, -0.1) is 0 Å². The third-order valence-electron chi connectivity index (χ3n) is 23.6. The average Bonchev–Trinajstić information content (AvgIpc) is 1.49. The monoisotopic (exact) mass is 1360 g/mol. The third-order valence-corrected chi connectivity index (χ3v) is 23.6. The summed E-state index contributed by atoms with van der Waals surface area (Å²) in [6, 6.07) is 0. The van der Waals surface area contributed by atoms with E-state index >= 15 is 0 Å². The first kappa shape index (κ1) is 73.6. The van der Waals surface area contributed by atoms with Crippen LogP contribution in [0.1, 0.15) is 92.4 Å². The summed E-state index contributed by atoms with van der Waals surface area (Å²) in [6.45, 7) is 6.67. The molecular weight excluding hydrogens is 1260 g/mol. The number of ketones is 1. The molecule has 0 aromatic heterocycles. The van der Waals surface area contributed by atoms with Crippen LogP contribution in [0.4, 0.5) is 0 Å². The van der Waals surface area contributed by atoms with Crippen LogP contribution in [0, 0.1) is 52.3 Å². The molecule has 4 saturated carbocycles. The van der Waals surface area contributed by atoms with E-state index in [0.29, 0.717) is 12.8 Å². The summed E-state index contributed by atoms with van der Waals surface area (Å²) in [5, 5.41) is 183. The van der Waals surface area contributed by atoms with E-state index in [2.05, 4.69) is 20.8 Å². The van der Waals surface area contributed by atoms with E-state index in [0.717, 1.165) is 32.1 Å². The molecule has 11 fully saturated rings. The molecule has 0 spiro atoms. The SMILES string of the molecule is CO[C@]1(CC[C@H](C)CO[C@@H]2O[C@H](CO)[C@@H](O)[C@H](O)[C@H]2O)O[C@H]2C[C@H]3[C@@H]4CC[C@H]5C[C@@H](O[C@@H]6O[C@H](CO)[C@@H](O[C@@H]7O[C@H](CO)[C@@H](O)[C@H](O[C@@H]8OC[C@@H](O)[C@H](O)[C@H]8O)[C@H]7O[C@@H]7OC[C@H](O)[C@H](O)[C@H]7O)[C@H](O)[C@H]6O[C@@H]6O[C@@H](C)[C@H](O)[C@@H](O)[C@H]6O)C(=O)C[C@]5(C)[C@H]4CC[C@]3(C)[C@H]2[C@@H]1C. The van der Waals surface area contributed by atoms with Gasteiger partial charge < -0.3 is 153 Å². The van der Waals surface area contributed by atoms with Gasteiger partial charge in [-0.25, -0.2) is 0 Å². The Bertz CT molecular complexity index is 2490. The number of ether oxygens (including phenoxy) is 14. The van der Waals surface area contributed by atoms with Crippen LogP contribution in [0.2, 0.25) is 0 Å². The maximum atomic E-state index is 14.9. The summed E-state index contributed by atoms with van der Waals surface area (Å²) in [7, 11) is 1.67. The van der Waals surface area contributed by atoms with Crippen LogP contribution < -0.4 is 0 Å². The van der Waals surface area contributed by atoms with E-state index in [-0.39, 0.29) is 78.2 Å². The summed E-state index contributed by atoms with van der Waals surface area (Å²) in [5.41, 5.74) is -0.577. The lowest BCUT2D eigenvalue weighted by molar-refractivity contribution is -0.407. The van der Waals surface area contributed by atoms with Crippen molar-refractivity contribution in [3.8, 4) is 0 Å². The van der Waals surface area contributed by atoms with Crippen molar-refractivity contribution in [2.75, 3.05) is 46.8 Å². The van der Waals surface area contributed by atoms with Gasteiger partial charge in [0.1, 0.15) is 134 Å². The highest BCUT2D eigenvalue weighted by Crippen LogP contribution is 2.71. The van der Waals surface area contributed by atoms with E-state index in [4.69, 9.17) is 66.3 Å². The molecule has 4 aliphatic carbocycles. The van der Waals surface area contributed by atoms with Gasteiger partial charge in [0, 0.05) is 25.9 Å². The fourth-order valence-electron chi connectivity index (χ4n) is 18.1. The first-order valence-electron chi connectivity index (χ1n) is 33.4. The summed E-state index contributed by atoms with van der Waals surface area (Å²) in [5.74, 6) is -0.381. The van der Waals surface area contributed by atoms with Gasteiger partial charge in [0.2, 0.25) is 0 Å². The van der Waals surface area contributed by atoms with Gasteiger partial charge in [-0.05, 0) is 98.2 Å². The Labute approximate surface area is 543 Å². The topological polar surface area (TPSA) is 490 Å². The zero-order valence-corrected chi connectivity index (χ0v) is 53.7.